The third-order valence-corrected chi connectivity index (χ3v) is 5.32. The second-order valence-electron chi connectivity index (χ2n) is 7.40. The zero-order chi connectivity index (χ0) is 19.6. The summed E-state index contributed by atoms with van der Waals surface area (Å²) in [5.41, 5.74) is 2.44. The fraction of sp³-hybridized carbons (Fsp3) is 0.619. The summed E-state index contributed by atoms with van der Waals surface area (Å²) in [5.74, 6) is 1.89. The van der Waals surface area contributed by atoms with Gasteiger partial charge in [-0.15, -0.1) is 0 Å². The number of aromatic amines is 1. The smallest absolute Gasteiger partial charge is 0.191 e. The normalized spacial score (nSPS) is 16.9. The van der Waals surface area contributed by atoms with Crippen LogP contribution in [0.5, 0.6) is 0 Å². The molecule has 154 valence electrons. The number of nitrogens with zero attached hydrogens (tertiary/aromatic N) is 3. The van der Waals surface area contributed by atoms with E-state index in [2.05, 4.69) is 45.6 Å². The van der Waals surface area contributed by atoms with E-state index in [1.165, 1.54) is 24.8 Å². The molecule has 28 heavy (non-hydrogen) atoms. The number of aliphatic imine (C=N–C) groups is 1. The van der Waals surface area contributed by atoms with Crippen molar-refractivity contribution in [2.24, 2.45) is 4.99 Å². The van der Waals surface area contributed by atoms with Gasteiger partial charge in [-0.25, -0.2) is 0 Å². The number of likely N-dealkylation sites (tertiary alicyclic amines) is 1. The van der Waals surface area contributed by atoms with E-state index in [1.54, 1.807) is 6.26 Å². The lowest BCUT2D eigenvalue weighted by molar-refractivity contribution is 0.150. The van der Waals surface area contributed by atoms with E-state index < -0.39 is 0 Å². The highest BCUT2D eigenvalue weighted by molar-refractivity contribution is 5.79. The number of rotatable bonds is 9. The maximum atomic E-state index is 5.73. The fourth-order valence-electron chi connectivity index (χ4n) is 3.73. The molecule has 0 spiro atoms. The Labute approximate surface area is 168 Å². The molecule has 1 atom stereocenters. The molecule has 1 fully saturated rings. The summed E-state index contributed by atoms with van der Waals surface area (Å²) in [7, 11) is 0. The van der Waals surface area contributed by atoms with Crippen molar-refractivity contribution in [3.63, 3.8) is 0 Å². The number of aryl methyl sites for hydroxylation is 2. The second-order valence-corrected chi connectivity index (χ2v) is 7.40. The van der Waals surface area contributed by atoms with Crippen LogP contribution in [-0.2, 0) is 6.42 Å². The zero-order valence-electron chi connectivity index (χ0n) is 17.2. The molecule has 7 heteroatoms. The Morgan fingerprint density at radius 2 is 2.18 bits per heavy atom. The average Bonchev–Trinajstić information content (AvgIpc) is 3.38. The molecule has 0 radical (unpaired) electrons. The van der Waals surface area contributed by atoms with Crippen LogP contribution < -0.4 is 10.6 Å². The first kappa shape index (κ1) is 20.5. The molecule has 0 aromatic carbocycles. The lowest BCUT2D eigenvalue weighted by Gasteiger charge is -2.32. The van der Waals surface area contributed by atoms with Crippen molar-refractivity contribution in [3.05, 3.63) is 41.6 Å². The Morgan fingerprint density at radius 1 is 1.32 bits per heavy atom. The molecule has 1 saturated heterocycles. The summed E-state index contributed by atoms with van der Waals surface area (Å²) in [6, 6.07) is 4.25. The van der Waals surface area contributed by atoms with Crippen molar-refractivity contribution < 1.29 is 4.42 Å². The molecule has 0 aliphatic carbocycles. The van der Waals surface area contributed by atoms with Gasteiger partial charge in [0.05, 0.1) is 25.0 Å². The van der Waals surface area contributed by atoms with Gasteiger partial charge in [-0.05, 0) is 70.3 Å². The van der Waals surface area contributed by atoms with Crippen molar-refractivity contribution in [2.45, 2.75) is 52.0 Å². The number of hydrogen-bond donors (Lipinski definition) is 3. The number of nitrogens with one attached hydrogen (secondary N) is 3. The molecule has 3 N–H and O–H groups in total. The Bertz CT molecular complexity index is 702. The highest BCUT2D eigenvalue weighted by Crippen LogP contribution is 2.25. The summed E-state index contributed by atoms with van der Waals surface area (Å²) < 4.78 is 5.73. The molecule has 1 aliphatic heterocycles. The van der Waals surface area contributed by atoms with E-state index in [4.69, 9.17) is 9.41 Å². The number of hydrogen-bond acceptors (Lipinski definition) is 4. The van der Waals surface area contributed by atoms with Crippen molar-refractivity contribution in [1.29, 1.82) is 0 Å². The predicted octanol–water partition coefficient (Wildman–Crippen LogP) is 3.03. The minimum absolute atomic E-state index is 0.208. The SMILES string of the molecule is CCNC(=NCC(c1ccco1)N1CCCCC1)NCCCc1cn[nH]c1C. The van der Waals surface area contributed by atoms with Crippen LogP contribution in [0.15, 0.2) is 34.0 Å². The molecule has 0 amide bonds. The van der Waals surface area contributed by atoms with Crippen LogP contribution in [0.4, 0.5) is 0 Å². The van der Waals surface area contributed by atoms with Crippen molar-refractivity contribution in [1.82, 2.24) is 25.7 Å². The van der Waals surface area contributed by atoms with Gasteiger partial charge in [0.1, 0.15) is 5.76 Å². The molecule has 2 aromatic heterocycles. The van der Waals surface area contributed by atoms with Gasteiger partial charge < -0.3 is 15.1 Å². The van der Waals surface area contributed by atoms with Gasteiger partial charge in [0.15, 0.2) is 5.96 Å². The van der Waals surface area contributed by atoms with E-state index in [0.717, 1.165) is 56.4 Å². The van der Waals surface area contributed by atoms with Crippen LogP contribution in [0.1, 0.15) is 55.7 Å². The summed E-state index contributed by atoms with van der Waals surface area (Å²) in [6.07, 6.45) is 9.57. The first-order valence-corrected chi connectivity index (χ1v) is 10.6. The minimum Gasteiger partial charge on any atom is -0.468 e. The van der Waals surface area contributed by atoms with Crippen LogP contribution in [0.25, 0.3) is 0 Å². The Kier molecular flexibility index (Phi) is 7.96. The van der Waals surface area contributed by atoms with E-state index in [-0.39, 0.29) is 6.04 Å². The van der Waals surface area contributed by atoms with Crippen LogP contribution in [0, 0.1) is 6.92 Å². The van der Waals surface area contributed by atoms with Gasteiger partial charge in [0.25, 0.3) is 0 Å². The van der Waals surface area contributed by atoms with Crippen molar-refractivity contribution >= 4 is 5.96 Å². The number of guanidine groups is 1. The molecule has 7 nitrogen and oxygen atoms in total. The van der Waals surface area contributed by atoms with E-state index in [1.807, 2.05) is 12.3 Å². The maximum absolute atomic E-state index is 5.73. The number of piperidine rings is 1. The highest BCUT2D eigenvalue weighted by Gasteiger charge is 2.24. The molecule has 0 bridgehead atoms. The highest BCUT2D eigenvalue weighted by atomic mass is 16.3. The molecule has 1 unspecified atom stereocenters. The van der Waals surface area contributed by atoms with E-state index >= 15 is 0 Å². The second kappa shape index (κ2) is 10.9. The first-order valence-electron chi connectivity index (χ1n) is 10.6. The minimum atomic E-state index is 0.208. The molecular weight excluding hydrogens is 352 g/mol. The molecule has 1 aliphatic rings. The largest absolute Gasteiger partial charge is 0.468 e. The third kappa shape index (κ3) is 5.86. The summed E-state index contributed by atoms with van der Waals surface area (Å²) >= 11 is 0. The summed E-state index contributed by atoms with van der Waals surface area (Å²) in [4.78, 5) is 7.38. The summed E-state index contributed by atoms with van der Waals surface area (Å²) in [5, 5.41) is 13.9. The number of aromatic nitrogens is 2. The molecule has 0 saturated carbocycles. The summed E-state index contributed by atoms with van der Waals surface area (Å²) in [6.45, 7) is 8.83. The monoisotopic (exact) mass is 386 g/mol. The lowest BCUT2D eigenvalue weighted by Crippen LogP contribution is -2.40. The van der Waals surface area contributed by atoms with Gasteiger partial charge in [-0.2, -0.15) is 5.10 Å². The molecular formula is C21H34N6O. The van der Waals surface area contributed by atoms with Crippen LogP contribution in [0.3, 0.4) is 0 Å². The fourth-order valence-corrected chi connectivity index (χ4v) is 3.73. The quantitative estimate of drug-likeness (QED) is 0.351. The topological polar surface area (TPSA) is 81.5 Å². The van der Waals surface area contributed by atoms with Crippen LogP contribution in [-0.4, -0.2) is 53.8 Å². The van der Waals surface area contributed by atoms with Gasteiger partial charge >= 0.3 is 0 Å². The first-order chi connectivity index (χ1) is 13.8. The lowest BCUT2D eigenvalue weighted by atomic mass is 10.1. The van der Waals surface area contributed by atoms with Crippen molar-refractivity contribution in [3.8, 4) is 0 Å². The van der Waals surface area contributed by atoms with Gasteiger partial charge in [-0.3, -0.25) is 15.0 Å². The number of H-pyrrole nitrogens is 1. The van der Waals surface area contributed by atoms with E-state index in [9.17, 15) is 0 Å². The van der Waals surface area contributed by atoms with Gasteiger partial charge in [0.2, 0.25) is 0 Å². The average molecular weight is 387 g/mol. The predicted molar refractivity (Wildman–Crippen MR) is 113 cm³/mol. The van der Waals surface area contributed by atoms with Crippen LogP contribution >= 0.6 is 0 Å². The maximum Gasteiger partial charge on any atom is 0.191 e. The van der Waals surface area contributed by atoms with Crippen molar-refractivity contribution in [2.75, 3.05) is 32.7 Å². The Morgan fingerprint density at radius 3 is 2.86 bits per heavy atom. The van der Waals surface area contributed by atoms with Crippen LogP contribution in [0.2, 0.25) is 0 Å². The third-order valence-electron chi connectivity index (χ3n) is 5.32. The molecule has 2 aromatic rings. The van der Waals surface area contributed by atoms with E-state index in [0.29, 0.717) is 6.54 Å². The standard InChI is InChI=1S/C21H34N6O/c1-3-22-21(23-11-7-9-18-15-25-26-17(18)2)24-16-19(20-10-8-14-28-20)27-12-5-4-6-13-27/h8,10,14-15,19H,3-7,9,11-13,16H2,1-2H3,(H,25,26)(H2,22,23,24). The molecule has 3 heterocycles. The molecule has 3 rings (SSSR count). The zero-order valence-corrected chi connectivity index (χ0v) is 17.2. The van der Waals surface area contributed by atoms with Gasteiger partial charge in [-0.1, -0.05) is 6.42 Å². The van der Waals surface area contributed by atoms with Gasteiger partial charge in [0, 0.05) is 18.8 Å². The Hall–Kier alpha value is -2.28. The number of furan rings is 1. The Balaban J connectivity index is 1.55.